The number of nitrogens with one attached hydrogen (secondary N) is 2. The van der Waals surface area contributed by atoms with Crippen molar-refractivity contribution < 1.29 is 48.7 Å². The van der Waals surface area contributed by atoms with E-state index in [-0.39, 0.29) is 38.8 Å². The van der Waals surface area contributed by atoms with Gasteiger partial charge in [-0.15, -0.1) is 0 Å². The monoisotopic (exact) mass is 906 g/mol. The first-order valence-corrected chi connectivity index (χ1v) is 21.0. The molecule has 2 amide bonds. The molecule has 0 spiro atoms. The molecule has 0 aliphatic carbocycles. The maximum Gasteiger partial charge on any atom is 0.338 e. The lowest BCUT2D eigenvalue weighted by Crippen LogP contribution is -2.47. The topological polar surface area (TPSA) is 181 Å². The molecule has 1 aliphatic rings. The summed E-state index contributed by atoms with van der Waals surface area (Å²) >= 11 is 4.24. The van der Waals surface area contributed by atoms with Gasteiger partial charge in [0, 0.05) is 50.3 Å². The van der Waals surface area contributed by atoms with Crippen molar-refractivity contribution in [3.05, 3.63) is 107 Å². The molecule has 0 aromatic heterocycles. The summed E-state index contributed by atoms with van der Waals surface area (Å²) in [5.74, 6) is -1.96. The highest BCUT2D eigenvalue weighted by molar-refractivity contribution is 15.0. The van der Waals surface area contributed by atoms with Crippen LogP contribution in [0.4, 0.5) is 0 Å². The van der Waals surface area contributed by atoms with E-state index in [0.29, 0.717) is 25.3 Å². The number of carboxylic acid groups (broad SMARTS) is 1. The van der Waals surface area contributed by atoms with Gasteiger partial charge in [0.05, 0.1) is 48.4 Å². The van der Waals surface area contributed by atoms with E-state index in [2.05, 4.69) is 47.9 Å². The molecule has 5 N–H and O–H groups in total. The van der Waals surface area contributed by atoms with Crippen molar-refractivity contribution in [2.75, 3.05) is 33.2 Å². The van der Waals surface area contributed by atoms with Gasteiger partial charge in [-0.3, -0.25) is 9.59 Å². The summed E-state index contributed by atoms with van der Waals surface area (Å²) in [6.07, 6.45) is 0. The van der Waals surface area contributed by atoms with E-state index < -0.39 is 41.9 Å². The molecule has 0 unspecified atom stereocenters. The minimum atomic E-state index is -1.22. The van der Waals surface area contributed by atoms with Crippen LogP contribution in [0.1, 0.15) is 58.7 Å². The first-order chi connectivity index (χ1) is 23.0. The number of ether oxygens (including phenoxy) is 3. The molecule has 1 saturated heterocycles. The number of aliphatic hydroxyl groups excluding tert-OH is 2. The van der Waals surface area contributed by atoms with Crippen LogP contribution in [-0.4, -0.2) is 72.3 Å². The van der Waals surface area contributed by atoms with Gasteiger partial charge in [-0.1, -0.05) is 62.0 Å². The number of benzene rings is 3. The second-order valence-corrected chi connectivity index (χ2v) is 11.4. The van der Waals surface area contributed by atoms with Gasteiger partial charge in [0.15, 0.2) is 0 Å². The number of carbonyl (C=O) groups is 4. The highest BCUT2D eigenvalue weighted by Crippen LogP contribution is 2.21. The van der Waals surface area contributed by atoms with Crippen molar-refractivity contribution in [2.24, 2.45) is 10.8 Å². The summed E-state index contributed by atoms with van der Waals surface area (Å²) in [6.45, 7) is 4.04. The summed E-state index contributed by atoms with van der Waals surface area (Å²) < 4.78 is 15.6. The van der Waals surface area contributed by atoms with E-state index in [4.69, 9.17) is 19.3 Å². The molecule has 1 aliphatic heterocycles. The molecule has 1 heterocycles. The summed E-state index contributed by atoms with van der Waals surface area (Å²) in [5.41, 5.74) is 1.28. The Bertz CT molecular complexity index is 1450. The third kappa shape index (κ3) is 14.3. The average molecular weight is 907 g/mol. The predicted molar refractivity (Wildman–Crippen MR) is 201 cm³/mol. The van der Waals surface area contributed by atoms with Gasteiger partial charge < -0.3 is 40.2 Å². The lowest BCUT2D eigenvalue weighted by molar-refractivity contribution is -0.174. The van der Waals surface area contributed by atoms with Crippen LogP contribution in [0, 0.1) is 10.8 Å². The van der Waals surface area contributed by atoms with Crippen LogP contribution in [0.2, 0.25) is 0 Å². The molecule has 0 radical (unpaired) electrons. The first-order valence-electron chi connectivity index (χ1n) is 14.7. The van der Waals surface area contributed by atoms with Crippen molar-refractivity contribution in [1.82, 2.24) is 10.6 Å². The number of amides is 2. The highest BCUT2D eigenvalue weighted by Gasteiger charge is 2.36. The quantitative estimate of drug-likeness (QED) is 0.122. The van der Waals surface area contributed by atoms with Crippen molar-refractivity contribution in [3.63, 3.8) is 0 Å². The molecule has 3 aromatic carbocycles. The number of hydrogen-bond acceptors (Lipinski definition) is 9. The first kappa shape index (κ1) is 43.9. The van der Waals surface area contributed by atoms with Crippen molar-refractivity contribution in [3.8, 4) is 0 Å². The number of halogens is 2. The third-order valence-corrected chi connectivity index (χ3v) is 7.31. The van der Waals surface area contributed by atoms with E-state index in [0.717, 1.165) is 16.7 Å². The molecule has 0 saturated carbocycles. The van der Waals surface area contributed by atoms with Gasteiger partial charge in [0.25, 0.3) is 0 Å². The average Bonchev–Trinajstić information content (AvgIpc) is 3.13. The second kappa shape index (κ2) is 22.5. The Labute approximate surface area is 310 Å². The van der Waals surface area contributed by atoms with Gasteiger partial charge in [-0.25, -0.2) is 9.59 Å². The molecule has 1 fully saturated rings. The van der Waals surface area contributed by atoms with Crippen LogP contribution < -0.4 is 10.6 Å². The van der Waals surface area contributed by atoms with E-state index >= 15 is 0 Å². The van der Waals surface area contributed by atoms with Gasteiger partial charge in [0.2, 0.25) is 11.8 Å². The molecular weight excluding hydrogens is 862 g/mol. The van der Waals surface area contributed by atoms with Crippen LogP contribution in [-0.2, 0) is 43.5 Å². The zero-order valence-electron chi connectivity index (χ0n) is 26.6. The summed E-state index contributed by atoms with van der Waals surface area (Å²) in [7, 11) is 0. The third-order valence-electron chi connectivity index (χ3n) is 7.31. The number of carboxylic acids is 1. The molecule has 4 rings (SSSR count). The van der Waals surface area contributed by atoms with Crippen molar-refractivity contribution in [1.29, 1.82) is 0 Å². The Hall–Kier alpha value is -3.16. The predicted octanol–water partition coefficient (Wildman–Crippen LogP) is 5.07. The SMILES string of the molecule is C.CC(CO)(CO)C(=O)NCc1ccc(C(=O)OCc2ccccc2)cc1.CC1(C(=O)NCc2ccc(C(=O)O)cc2)COCOC1.II. The fourth-order valence-corrected chi connectivity index (χ4v) is 4.08. The Kier molecular flexibility index (Phi) is 20.2. The largest absolute Gasteiger partial charge is 0.478 e. The van der Waals surface area contributed by atoms with Gasteiger partial charge >= 0.3 is 11.9 Å². The van der Waals surface area contributed by atoms with E-state index in [1.807, 2.05) is 30.3 Å². The summed E-state index contributed by atoms with van der Waals surface area (Å²) in [4.78, 5) is 46.9. The summed E-state index contributed by atoms with van der Waals surface area (Å²) in [6, 6.07) is 22.5. The minimum absolute atomic E-state index is 0. The van der Waals surface area contributed by atoms with Crippen LogP contribution in [0.15, 0.2) is 78.9 Å². The number of aliphatic hydroxyl groups is 2. The van der Waals surface area contributed by atoms with E-state index in [1.165, 1.54) is 19.1 Å². The van der Waals surface area contributed by atoms with Gasteiger partial charge in [-0.05, 0) is 54.8 Å². The number of esters is 1. The highest BCUT2D eigenvalue weighted by atomic mass is 128. The molecule has 49 heavy (non-hydrogen) atoms. The molecule has 0 bridgehead atoms. The van der Waals surface area contributed by atoms with Crippen LogP contribution >= 0.6 is 37.2 Å². The number of carbonyl (C=O) groups excluding carboxylic acids is 3. The number of rotatable bonds is 12. The molecule has 0 atom stereocenters. The Balaban J connectivity index is 0.000000470. The zero-order valence-corrected chi connectivity index (χ0v) is 30.9. The Morgan fingerprint density at radius 3 is 1.78 bits per heavy atom. The Morgan fingerprint density at radius 1 is 0.796 bits per heavy atom. The van der Waals surface area contributed by atoms with Crippen molar-refractivity contribution >= 4 is 61.0 Å². The normalized spacial score (nSPS) is 13.1. The summed E-state index contributed by atoms with van der Waals surface area (Å²) in [5, 5.41) is 32.7. The van der Waals surface area contributed by atoms with Crippen molar-refractivity contribution in [2.45, 2.75) is 41.0 Å². The molecule has 268 valence electrons. The fraction of sp³-hybridized carbons (Fsp3) is 0.371. The van der Waals surface area contributed by atoms with E-state index in [9.17, 15) is 29.4 Å². The van der Waals surface area contributed by atoms with Crippen LogP contribution in [0.3, 0.4) is 0 Å². The van der Waals surface area contributed by atoms with Crippen LogP contribution in [0.5, 0.6) is 0 Å². The molecule has 14 heteroatoms. The maximum absolute atomic E-state index is 12.1. The number of aromatic carboxylic acids is 1. The fourth-order valence-electron chi connectivity index (χ4n) is 4.08. The van der Waals surface area contributed by atoms with E-state index in [1.54, 1.807) is 43.3 Å². The lowest BCUT2D eigenvalue weighted by atomic mass is 9.91. The minimum Gasteiger partial charge on any atom is -0.478 e. The maximum atomic E-state index is 12.1. The number of hydrogen-bond donors (Lipinski definition) is 5. The zero-order chi connectivity index (χ0) is 35.6. The molecule has 3 aromatic rings. The van der Waals surface area contributed by atoms with Crippen LogP contribution in [0.25, 0.3) is 0 Å². The molecule has 12 nitrogen and oxygen atoms in total. The standard InChI is InChI=1S/C20H23NO5.C14H17NO5.CH4.I2/c1-20(13-22,14-23)19(25)21-11-15-7-9-17(10-8-15)18(24)26-12-16-5-3-2-4-6-16;1-14(7-19-9-20-8-14)13(18)15-6-10-2-4-11(5-3-10)12(16)17;;1-2/h2-10,22-23H,11-14H2,1H3,(H,21,25);2-5H,6-9H2,1H3,(H,15,18)(H,16,17);1H4;. The smallest absolute Gasteiger partial charge is 0.338 e. The second-order valence-electron chi connectivity index (χ2n) is 11.4. The van der Waals surface area contributed by atoms with Gasteiger partial charge in [0.1, 0.15) is 13.4 Å². The molecular formula is C35H44I2N2O10. The lowest BCUT2D eigenvalue weighted by Gasteiger charge is -2.31. The van der Waals surface area contributed by atoms with Gasteiger partial charge in [-0.2, -0.15) is 0 Å². The Morgan fingerprint density at radius 2 is 1.29 bits per heavy atom.